The van der Waals surface area contributed by atoms with Crippen LogP contribution in [-0.4, -0.2) is 62.5 Å². The molecule has 2 fully saturated rings. The summed E-state index contributed by atoms with van der Waals surface area (Å²) in [7, 11) is 0. The molecule has 0 radical (unpaired) electrons. The van der Waals surface area contributed by atoms with E-state index in [1.807, 2.05) is 18.7 Å². The number of imidazole rings is 1. The van der Waals surface area contributed by atoms with Crippen LogP contribution in [0, 0.1) is 0 Å². The van der Waals surface area contributed by atoms with Gasteiger partial charge in [-0.15, -0.1) is 0 Å². The standard InChI is InChI=1S/C17H26N8O.C2H6/c18-11-1-3-12(4-2-11)22-17-23-15-14(19-9-20-15)16(24-17)21-13-5-7-25(10-26)8-6-13;1-2/h9-13H,1-8,18H2,(H3,19,20,21,22,23,24);1-2H3. The minimum absolute atomic E-state index is 0.285. The number of hydrogen-bond acceptors (Lipinski definition) is 7. The molecule has 1 aliphatic heterocycles. The van der Waals surface area contributed by atoms with Gasteiger partial charge in [0.1, 0.15) is 5.52 Å². The molecule has 0 bridgehead atoms. The number of carbonyl (C=O) groups is 1. The lowest BCUT2D eigenvalue weighted by molar-refractivity contribution is -0.118. The molecule has 3 heterocycles. The third-order valence-electron chi connectivity index (χ3n) is 5.41. The van der Waals surface area contributed by atoms with E-state index < -0.39 is 0 Å². The molecular weight excluding hydrogens is 356 g/mol. The number of aromatic amines is 1. The predicted octanol–water partition coefficient (Wildman–Crippen LogP) is 2.09. The highest BCUT2D eigenvalue weighted by atomic mass is 16.1. The quantitative estimate of drug-likeness (QED) is 0.578. The number of amides is 1. The smallest absolute Gasteiger partial charge is 0.227 e. The Kier molecular flexibility index (Phi) is 7.02. The lowest BCUT2D eigenvalue weighted by Crippen LogP contribution is -2.38. The van der Waals surface area contributed by atoms with Crippen LogP contribution in [0.1, 0.15) is 52.4 Å². The number of carbonyl (C=O) groups excluding carboxylic acids is 1. The normalized spacial score (nSPS) is 23.0. The number of nitrogens with two attached hydrogens (primary N) is 1. The van der Waals surface area contributed by atoms with E-state index in [0.717, 1.165) is 69.4 Å². The summed E-state index contributed by atoms with van der Waals surface area (Å²) in [6.07, 6.45) is 8.51. The van der Waals surface area contributed by atoms with Gasteiger partial charge in [0.15, 0.2) is 11.5 Å². The van der Waals surface area contributed by atoms with Crippen LogP contribution < -0.4 is 16.4 Å². The van der Waals surface area contributed by atoms with Crippen LogP contribution >= 0.6 is 0 Å². The summed E-state index contributed by atoms with van der Waals surface area (Å²) in [5.41, 5.74) is 7.46. The van der Waals surface area contributed by atoms with Crippen molar-refractivity contribution in [3.05, 3.63) is 6.33 Å². The van der Waals surface area contributed by atoms with E-state index in [-0.39, 0.29) is 6.04 Å². The molecule has 9 nitrogen and oxygen atoms in total. The van der Waals surface area contributed by atoms with Gasteiger partial charge in [0.05, 0.1) is 6.33 Å². The second-order valence-electron chi connectivity index (χ2n) is 7.31. The van der Waals surface area contributed by atoms with Gasteiger partial charge in [-0.1, -0.05) is 13.8 Å². The van der Waals surface area contributed by atoms with Crippen molar-refractivity contribution >= 4 is 29.3 Å². The molecule has 1 amide bonds. The van der Waals surface area contributed by atoms with E-state index in [9.17, 15) is 4.79 Å². The van der Waals surface area contributed by atoms with Gasteiger partial charge in [0.2, 0.25) is 12.4 Å². The first-order valence-corrected chi connectivity index (χ1v) is 10.4. The topological polar surface area (TPSA) is 125 Å². The Bertz CT molecular complexity index is 747. The fraction of sp³-hybridized carbons (Fsp3) is 0.684. The molecule has 0 atom stereocenters. The van der Waals surface area contributed by atoms with Crippen LogP contribution in [0.4, 0.5) is 11.8 Å². The zero-order valence-corrected chi connectivity index (χ0v) is 16.8. The van der Waals surface area contributed by atoms with Crippen LogP contribution in [0.5, 0.6) is 0 Å². The van der Waals surface area contributed by atoms with E-state index in [1.165, 1.54) is 0 Å². The molecule has 2 aromatic heterocycles. The van der Waals surface area contributed by atoms with Crippen molar-refractivity contribution in [1.82, 2.24) is 24.8 Å². The molecule has 1 saturated carbocycles. The second-order valence-corrected chi connectivity index (χ2v) is 7.31. The van der Waals surface area contributed by atoms with Gasteiger partial charge in [-0.2, -0.15) is 9.97 Å². The summed E-state index contributed by atoms with van der Waals surface area (Å²) in [4.78, 5) is 29.3. The highest BCUT2D eigenvalue weighted by Gasteiger charge is 2.22. The molecular formula is C19H32N8O. The van der Waals surface area contributed by atoms with Gasteiger partial charge >= 0.3 is 0 Å². The molecule has 5 N–H and O–H groups in total. The minimum atomic E-state index is 0.285. The molecule has 4 rings (SSSR count). The summed E-state index contributed by atoms with van der Waals surface area (Å²) in [5, 5.41) is 6.97. The number of piperidine rings is 1. The Morgan fingerprint density at radius 1 is 1.07 bits per heavy atom. The monoisotopic (exact) mass is 388 g/mol. The largest absolute Gasteiger partial charge is 0.365 e. The maximum absolute atomic E-state index is 10.9. The van der Waals surface area contributed by atoms with Crippen LogP contribution in [-0.2, 0) is 4.79 Å². The van der Waals surface area contributed by atoms with Gasteiger partial charge in [-0.05, 0) is 38.5 Å². The summed E-state index contributed by atoms with van der Waals surface area (Å²) in [6.45, 7) is 5.54. The Morgan fingerprint density at radius 3 is 2.43 bits per heavy atom. The van der Waals surface area contributed by atoms with Crippen LogP contribution in [0.3, 0.4) is 0 Å². The van der Waals surface area contributed by atoms with E-state index in [0.29, 0.717) is 23.7 Å². The van der Waals surface area contributed by atoms with E-state index >= 15 is 0 Å². The van der Waals surface area contributed by atoms with Crippen molar-refractivity contribution in [3.63, 3.8) is 0 Å². The zero-order chi connectivity index (χ0) is 19.9. The first kappa shape index (κ1) is 20.3. The third kappa shape index (κ3) is 4.89. The fourth-order valence-electron chi connectivity index (χ4n) is 3.79. The number of H-pyrrole nitrogens is 1. The van der Waals surface area contributed by atoms with E-state index in [1.54, 1.807) is 6.33 Å². The first-order valence-electron chi connectivity index (χ1n) is 10.4. The Hall–Kier alpha value is -2.42. The average Bonchev–Trinajstić information content (AvgIpc) is 3.21. The molecule has 0 aromatic carbocycles. The summed E-state index contributed by atoms with van der Waals surface area (Å²) >= 11 is 0. The molecule has 0 spiro atoms. The fourth-order valence-corrected chi connectivity index (χ4v) is 3.79. The lowest BCUT2D eigenvalue weighted by atomic mass is 9.92. The number of hydrogen-bond donors (Lipinski definition) is 4. The van der Waals surface area contributed by atoms with Crippen molar-refractivity contribution in [3.8, 4) is 0 Å². The minimum Gasteiger partial charge on any atom is -0.365 e. The lowest BCUT2D eigenvalue weighted by Gasteiger charge is -2.30. The Labute approximate surface area is 165 Å². The van der Waals surface area contributed by atoms with Gasteiger partial charge in [0.25, 0.3) is 0 Å². The predicted molar refractivity (Wildman–Crippen MR) is 111 cm³/mol. The second kappa shape index (κ2) is 9.68. The number of likely N-dealkylation sites (tertiary alicyclic amines) is 1. The van der Waals surface area contributed by atoms with Gasteiger partial charge in [-0.25, -0.2) is 4.98 Å². The highest BCUT2D eigenvalue weighted by Crippen LogP contribution is 2.24. The van der Waals surface area contributed by atoms with E-state index in [2.05, 4.69) is 25.6 Å². The first-order chi connectivity index (χ1) is 13.7. The Balaban J connectivity index is 0.00000109. The molecule has 1 aliphatic carbocycles. The van der Waals surface area contributed by atoms with Gasteiger partial charge in [0, 0.05) is 31.2 Å². The zero-order valence-electron chi connectivity index (χ0n) is 16.8. The average molecular weight is 389 g/mol. The summed E-state index contributed by atoms with van der Waals surface area (Å²) in [5.74, 6) is 1.38. The molecule has 0 unspecified atom stereocenters. The number of anilines is 2. The molecule has 154 valence electrons. The number of fused-ring (bicyclic) bond motifs is 1. The number of nitrogens with one attached hydrogen (secondary N) is 3. The highest BCUT2D eigenvalue weighted by molar-refractivity contribution is 5.83. The molecule has 9 heteroatoms. The number of rotatable bonds is 5. The maximum Gasteiger partial charge on any atom is 0.227 e. The summed E-state index contributed by atoms with van der Waals surface area (Å²) < 4.78 is 0. The van der Waals surface area contributed by atoms with Crippen LogP contribution in [0.25, 0.3) is 11.2 Å². The Morgan fingerprint density at radius 2 is 1.75 bits per heavy atom. The molecule has 2 aliphatic rings. The van der Waals surface area contributed by atoms with Crippen molar-refractivity contribution < 1.29 is 4.79 Å². The van der Waals surface area contributed by atoms with Crippen molar-refractivity contribution in [2.45, 2.75) is 70.5 Å². The molecule has 2 aromatic rings. The summed E-state index contributed by atoms with van der Waals surface area (Å²) in [6, 6.07) is 0.959. The van der Waals surface area contributed by atoms with Crippen LogP contribution in [0.2, 0.25) is 0 Å². The SMILES string of the molecule is CC.NC1CCC(Nc2nc(NC3CCN(C=O)CC3)c3[nH]cnc3n2)CC1. The molecule has 28 heavy (non-hydrogen) atoms. The van der Waals surface area contributed by atoms with Crippen molar-refractivity contribution in [2.75, 3.05) is 23.7 Å². The maximum atomic E-state index is 10.9. The van der Waals surface area contributed by atoms with Crippen molar-refractivity contribution in [1.29, 1.82) is 0 Å². The third-order valence-corrected chi connectivity index (χ3v) is 5.41. The molecule has 1 saturated heterocycles. The van der Waals surface area contributed by atoms with E-state index in [4.69, 9.17) is 10.7 Å². The van der Waals surface area contributed by atoms with Gasteiger partial charge in [-0.3, -0.25) is 4.79 Å². The van der Waals surface area contributed by atoms with Crippen LogP contribution in [0.15, 0.2) is 6.33 Å². The van der Waals surface area contributed by atoms with Crippen molar-refractivity contribution in [2.24, 2.45) is 5.73 Å². The number of nitrogens with zero attached hydrogens (tertiary/aromatic N) is 4. The van der Waals surface area contributed by atoms with Gasteiger partial charge < -0.3 is 26.3 Å². The number of aromatic nitrogens is 4.